The van der Waals surface area contributed by atoms with Crippen LogP contribution in [-0.2, 0) is 0 Å². The maximum absolute atomic E-state index is 13.2. The van der Waals surface area contributed by atoms with Crippen LogP contribution in [0, 0.1) is 11.6 Å². The van der Waals surface area contributed by atoms with Gasteiger partial charge < -0.3 is 5.11 Å². The molecule has 0 radical (unpaired) electrons. The third-order valence-corrected chi connectivity index (χ3v) is 2.17. The van der Waals surface area contributed by atoms with E-state index < -0.39 is 17.7 Å². The lowest BCUT2D eigenvalue weighted by atomic mass is 10.0. The topological polar surface area (TPSA) is 20.2 Å². The molecule has 3 heteroatoms. The van der Waals surface area contributed by atoms with Gasteiger partial charge in [0.2, 0.25) is 0 Å². The van der Waals surface area contributed by atoms with Crippen LogP contribution < -0.4 is 0 Å². The van der Waals surface area contributed by atoms with Crippen LogP contribution in [0.1, 0.15) is 31.4 Å². The molecule has 0 bridgehead atoms. The summed E-state index contributed by atoms with van der Waals surface area (Å²) < 4.78 is 25.8. The molecule has 0 saturated heterocycles. The van der Waals surface area contributed by atoms with Gasteiger partial charge in [-0.2, -0.15) is 0 Å². The highest BCUT2D eigenvalue weighted by molar-refractivity contribution is 5.21. The molecular formula is C12H14F2O. The molecule has 1 unspecified atom stereocenters. The summed E-state index contributed by atoms with van der Waals surface area (Å²) >= 11 is 0. The predicted octanol–water partition coefficient (Wildman–Crippen LogP) is 3.35. The van der Waals surface area contributed by atoms with Crippen molar-refractivity contribution in [3.63, 3.8) is 0 Å². The molecule has 1 N–H and O–H groups in total. The van der Waals surface area contributed by atoms with Gasteiger partial charge in [0.1, 0.15) is 11.6 Å². The molecule has 0 amide bonds. The van der Waals surface area contributed by atoms with Crippen LogP contribution in [0.2, 0.25) is 0 Å². The van der Waals surface area contributed by atoms with Crippen molar-refractivity contribution in [2.24, 2.45) is 0 Å². The third-order valence-electron chi connectivity index (χ3n) is 2.17. The fraction of sp³-hybridized carbons (Fsp3) is 0.333. The van der Waals surface area contributed by atoms with E-state index in [2.05, 4.69) is 6.58 Å². The third kappa shape index (κ3) is 3.44. The molecule has 0 heterocycles. The summed E-state index contributed by atoms with van der Waals surface area (Å²) in [6.45, 7) is 5.53. The van der Waals surface area contributed by atoms with Crippen molar-refractivity contribution in [3.05, 3.63) is 47.5 Å². The van der Waals surface area contributed by atoms with Gasteiger partial charge in [-0.15, -0.1) is 6.58 Å². The van der Waals surface area contributed by atoms with E-state index >= 15 is 0 Å². The van der Waals surface area contributed by atoms with E-state index in [0.717, 1.165) is 17.7 Å². The first-order valence-corrected chi connectivity index (χ1v) is 4.78. The number of halogens is 2. The Bertz CT molecular complexity index is 361. The highest BCUT2D eigenvalue weighted by Gasteiger charge is 2.12. The summed E-state index contributed by atoms with van der Waals surface area (Å²) in [5.74, 6) is -1.34. The van der Waals surface area contributed by atoms with Crippen LogP contribution in [0.15, 0.2) is 30.4 Å². The van der Waals surface area contributed by atoms with Crippen LogP contribution in [0.3, 0.4) is 0 Å². The van der Waals surface area contributed by atoms with Crippen LogP contribution >= 0.6 is 0 Å². The number of hydrogen-bond donors (Lipinski definition) is 1. The summed E-state index contributed by atoms with van der Waals surface area (Å²) in [6.07, 6.45) is 0.123. The first-order chi connectivity index (χ1) is 7.00. The second-order valence-electron chi connectivity index (χ2n) is 3.68. The van der Waals surface area contributed by atoms with Crippen LogP contribution in [-0.4, -0.2) is 5.11 Å². The fourth-order valence-corrected chi connectivity index (χ4v) is 1.31. The molecule has 1 nitrogen and oxygen atoms in total. The Morgan fingerprint density at radius 1 is 1.47 bits per heavy atom. The second kappa shape index (κ2) is 5.03. The van der Waals surface area contributed by atoms with Crippen molar-refractivity contribution in [1.82, 2.24) is 0 Å². The van der Waals surface area contributed by atoms with Gasteiger partial charge >= 0.3 is 0 Å². The Morgan fingerprint density at radius 3 is 2.67 bits per heavy atom. The Kier molecular flexibility index (Phi) is 3.97. The highest BCUT2D eigenvalue weighted by Crippen LogP contribution is 2.23. The zero-order valence-corrected chi connectivity index (χ0v) is 8.63. The van der Waals surface area contributed by atoms with Gasteiger partial charge in [0.25, 0.3) is 0 Å². The van der Waals surface area contributed by atoms with E-state index in [0.29, 0.717) is 12.8 Å². The Balaban J connectivity index is 2.73. The number of aliphatic hydroxyl groups is 1. The molecule has 15 heavy (non-hydrogen) atoms. The van der Waals surface area contributed by atoms with Gasteiger partial charge in [-0.1, -0.05) is 11.6 Å². The largest absolute Gasteiger partial charge is 0.388 e. The van der Waals surface area contributed by atoms with Crippen molar-refractivity contribution in [3.8, 4) is 0 Å². The van der Waals surface area contributed by atoms with E-state index in [1.165, 1.54) is 6.07 Å². The highest BCUT2D eigenvalue weighted by atomic mass is 19.1. The number of allylic oxidation sites excluding steroid dienone is 1. The van der Waals surface area contributed by atoms with Crippen molar-refractivity contribution < 1.29 is 13.9 Å². The minimum atomic E-state index is -0.901. The van der Waals surface area contributed by atoms with E-state index in [1.807, 2.05) is 6.92 Å². The van der Waals surface area contributed by atoms with Gasteiger partial charge in [0.05, 0.1) is 6.10 Å². The number of rotatable bonds is 4. The van der Waals surface area contributed by atoms with Gasteiger partial charge in [0, 0.05) is 11.6 Å². The molecule has 1 aromatic carbocycles. The van der Waals surface area contributed by atoms with Gasteiger partial charge in [0.15, 0.2) is 0 Å². The zero-order valence-electron chi connectivity index (χ0n) is 8.63. The first kappa shape index (κ1) is 11.9. The van der Waals surface area contributed by atoms with E-state index in [1.54, 1.807) is 0 Å². The molecule has 1 rings (SSSR count). The van der Waals surface area contributed by atoms with Gasteiger partial charge in [-0.05, 0) is 25.8 Å². The van der Waals surface area contributed by atoms with Gasteiger partial charge in [-0.25, -0.2) is 8.78 Å². The number of benzene rings is 1. The number of aliphatic hydroxyl groups excluding tert-OH is 1. The van der Waals surface area contributed by atoms with Crippen molar-refractivity contribution in [1.29, 1.82) is 0 Å². The van der Waals surface area contributed by atoms with Crippen LogP contribution in [0.5, 0.6) is 0 Å². The quantitative estimate of drug-likeness (QED) is 0.759. The van der Waals surface area contributed by atoms with Gasteiger partial charge in [-0.3, -0.25) is 0 Å². The molecule has 0 spiro atoms. The summed E-state index contributed by atoms with van der Waals surface area (Å²) in [6, 6.07) is 3.19. The minimum Gasteiger partial charge on any atom is -0.388 e. The van der Waals surface area contributed by atoms with Crippen LogP contribution in [0.4, 0.5) is 8.78 Å². The monoisotopic (exact) mass is 212 g/mol. The summed E-state index contributed by atoms with van der Waals surface area (Å²) in [5.41, 5.74) is 1.06. The average Bonchev–Trinajstić information content (AvgIpc) is 2.14. The van der Waals surface area contributed by atoms with E-state index in [9.17, 15) is 13.9 Å². The fourth-order valence-electron chi connectivity index (χ4n) is 1.31. The van der Waals surface area contributed by atoms with Crippen molar-refractivity contribution in [2.45, 2.75) is 25.9 Å². The minimum absolute atomic E-state index is 0.137. The number of hydrogen-bond acceptors (Lipinski definition) is 1. The van der Waals surface area contributed by atoms with Crippen molar-refractivity contribution >= 4 is 0 Å². The summed E-state index contributed by atoms with van der Waals surface area (Å²) in [4.78, 5) is 0. The average molecular weight is 212 g/mol. The molecule has 1 aromatic rings. The Hall–Kier alpha value is -1.22. The molecular weight excluding hydrogens is 198 g/mol. The Morgan fingerprint density at radius 2 is 2.13 bits per heavy atom. The summed E-state index contributed by atoms with van der Waals surface area (Å²) in [5, 5.41) is 9.64. The van der Waals surface area contributed by atoms with E-state index in [-0.39, 0.29) is 5.56 Å². The predicted molar refractivity (Wildman–Crippen MR) is 55.4 cm³/mol. The second-order valence-corrected chi connectivity index (χ2v) is 3.68. The Labute approximate surface area is 88.1 Å². The van der Waals surface area contributed by atoms with Crippen LogP contribution in [0.25, 0.3) is 0 Å². The molecule has 0 saturated carbocycles. The molecule has 0 fully saturated rings. The molecule has 0 aromatic heterocycles. The molecule has 0 aliphatic rings. The normalized spacial score (nSPS) is 12.5. The zero-order chi connectivity index (χ0) is 11.4. The molecule has 0 aliphatic carbocycles. The molecule has 82 valence electrons. The molecule has 1 atom stereocenters. The maximum atomic E-state index is 13.2. The standard InChI is InChI=1S/C12H14F2O/c1-8(2)3-6-12(15)10-5-4-9(13)7-11(10)14/h4-5,7,12,15H,1,3,6H2,2H3. The first-order valence-electron chi connectivity index (χ1n) is 4.78. The summed E-state index contributed by atoms with van der Waals surface area (Å²) in [7, 11) is 0. The lowest BCUT2D eigenvalue weighted by molar-refractivity contribution is 0.163. The molecule has 0 aliphatic heterocycles. The smallest absolute Gasteiger partial charge is 0.131 e. The van der Waals surface area contributed by atoms with E-state index in [4.69, 9.17) is 0 Å². The maximum Gasteiger partial charge on any atom is 0.131 e. The lowest BCUT2D eigenvalue weighted by Gasteiger charge is -2.11. The lowest BCUT2D eigenvalue weighted by Crippen LogP contribution is -2.01. The SMILES string of the molecule is C=C(C)CCC(O)c1ccc(F)cc1F. The van der Waals surface area contributed by atoms with Crippen molar-refractivity contribution in [2.75, 3.05) is 0 Å².